The number of non-ortho nitro benzene ring substituents is 1. The second-order valence-electron chi connectivity index (χ2n) is 6.54. The summed E-state index contributed by atoms with van der Waals surface area (Å²) in [5, 5.41) is 10.7. The molecule has 11 heteroatoms. The maximum atomic E-state index is 12.9. The number of nitro groups is 1. The predicted molar refractivity (Wildman–Crippen MR) is 105 cm³/mol. The monoisotopic (exact) mass is 418 g/mol. The standard InChI is InChI=1S/C18H18N4O6S/c1-19(11-17(23)12-4-6-13(7-5-12)22(25)26)29(27,28)14-8-9-15-16(10-14)21(3)18(24)20(15)2/h4-10H,11H2,1-3H3. The third kappa shape index (κ3) is 3.57. The fourth-order valence-electron chi connectivity index (χ4n) is 2.97. The van der Waals surface area contributed by atoms with E-state index in [0.717, 1.165) is 4.31 Å². The highest BCUT2D eigenvalue weighted by Crippen LogP contribution is 2.21. The molecule has 0 fully saturated rings. The van der Waals surface area contributed by atoms with Crippen LogP contribution in [0, 0.1) is 10.1 Å². The Morgan fingerprint density at radius 3 is 2.24 bits per heavy atom. The molecule has 0 aliphatic rings. The number of likely N-dealkylation sites (N-methyl/N-ethyl adjacent to an activating group) is 1. The SMILES string of the molecule is CN(CC(=O)c1ccc([N+](=O)[O-])cc1)S(=O)(=O)c1ccc2c(c1)n(C)c(=O)n2C. The Bertz CT molecular complexity index is 1290. The molecule has 0 bridgehead atoms. The molecule has 0 unspecified atom stereocenters. The number of imidazole rings is 1. The first-order chi connectivity index (χ1) is 13.5. The molecule has 3 rings (SSSR count). The Balaban J connectivity index is 1.88. The number of ketones is 1. The van der Waals surface area contributed by atoms with Gasteiger partial charge in [0.2, 0.25) is 10.0 Å². The van der Waals surface area contributed by atoms with Crippen molar-refractivity contribution in [2.45, 2.75) is 4.90 Å². The van der Waals surface area contributed by atoms with Crippen molar-refractivity contribution < 1.29 is 18.1 Å². The number of rotatable bonds is 6. The van der Waals surface area contributed by atoms with E-state index >= 15 is 0 Å². The van der Waals surface area contributed by atoms with Crippen LogP contribution in [0.15, 0.2) is 52.2 Å². The van der Waals surface area contributed by atoms with Gasteiger partial charge < -0.3 is 0 Å². The van der Waals surface area contributed by atoms with Crippen LogP contribution in [0.5, 0.6) is 0 Å². The van der Waals surface area contributed by atoms with Crippen LogP contribution in [-0.2, 0) is 24.1 Å². The fourth-order valence-corrected chi connectivity index (χ4v) is 4.12. The number of sulfonamides is 1. The van der Waals surface area contributed by atoms with Crippen molar-refractivity contribution in [3.05, 3.63) is 68.6 Å². The van der Waals surface area contributed by atoms with Gasteiger partial charge in [-0.1, -0.05) is 0 Å². The Hall–Kier alpha value is -3.31. The molecule has 29 heavy (non-hydrogen) atoms. The summed E-state index contributed by atoms with van der Waals surface area (Å²) < 4.78 is 29.4. The number of nitro benzene ring substituents is 1. The highest BCUT2D eigenvalue weighted by molar-refractivity contribution is 7.89. The van der Waals surface area contributed by atoms with Gasteiger partial charge in [0, 0.05) is 38.8 Å². The molecule has 0 radical (unpaired) electrons. The molecule has 0 saturated carbocycles. The zero-order valence-electron chi connectivity index (χ0n) is 15.9. The molecule has 1 aromatic heterocycles. The number of aryl methyl sites for hydroxylation is 2. The molecule has 0 spiro atoms. The molecule has 0 N–H and O–H groups in total. The van der Waals surface area contributed by atoms with E-state index in [-0.39, 0.29) is 21.8 Å². The summed E-state index contributed by atoms with van der Waals surface area (Å²) in [7, 11) is 0.410. The topological polar surface area (TPSA) is 125 Å². The van der Waals surface area contributed by atoms with Crippen molar-refractivity contribution in [3.63, 3.8) is 0 Å². The van der Waals surface area contributed by atoms with Gasteiger partial charge >= 0.3 is 5.69 Å². The number of nitrogens with zero attached hydrogens (tertiary/aromatic N) is 4. The second-order valence-corrected chi connectivity index (χ2v) is 8.58. The number of aromatic nitrogens is 2. The number of hydrogen-bond donors (Lipinski definition) is 0. The lowest BCUT2D eigenvalue weighted by Gasteiger charge is -2.16. The summed E-state index contributed by atoms with van der Waals surface area (Å²) in [4.78, 5) is 34.5. The average molecular weight is 418 g/mol. The normalized spacial score (nSPS) is 11.9. The van der Waals surface area contributed by atoms with Crippen LogP contribution in [0.25, 0.3) is 11.0 Å². The van der Waals surface area contributed by atoms with Gasteiger partial charge in [0.05, 0.1) is 27.4 Å². The van der Waals surface area contributed by atoms with Crippen molar-refractivity contribution in [2.24, 2.45) is 14.1 Å². The maximum absolute atomic E-state index is 12.9. The van der Waals surface area contributed by atoms with Gasteiger partial charge in [0.15, 0.2) is 5.78 Å². The van der Waals surface area contributed by atoms with Crippen LogP contribution in [0.2, 0.25) is 0 Å². The lowest BCUT2D eigenvalue weighted by molar-refractivity contribution is -0.384. The van der Waals surface area contributed by atoms with Crippen LogP contribution in [0.1, 0.15) is 10.4 Å². The van der Waals surface area contributed by atoms with Crippen LogP contribution in [-0.4, -0.2) is 46.2 Å². The molecular formula is C18H18N4O6S. The highest BCUT2D eigenvalue weighted by atomic mass is 32.2. The van der Waals surface area contributed by atoms with Crippen molar-refractivity contribution in [1.29, 1.82) is 0 Å². The number of carbonyl (C=O) groups is 1. The molecule has 2 aromatic carbocycles. The minimum atomic E-state index is -4.00. The van der Waals surface area contributed by atoms with E-state index in [2.05, 4.69) is 0 Å². The predicted octanol–water partition coefficient (Wildman–Crippen LogP) is 1.29. The van der Waals surface area contributed by atoms with Crippen molar-refractivity contribution in [2.75, 3.05) is 13.6 Å². The molecule has 0 aliphatic heterocycles. The summed E-state index contributed by atoms with van der Waals surface area (Å²) in [6, 6.07) is 9.25. The van der Waals surface area contributed by atoms with Gasteiger partial charge in [0.25, 0.3) is 5.69 Å². The van der Waals surface area contributed by atoms with Gasteiger partial charge in [-0.25, -0.2) is 13.2 Å². The molecule has 0 aliphatic carbocycles. The minimum absolute atomic E-state index is 0.0507. The highest BCUT2D eigenvalue weighted by Gasteiger charge is 2.25. The Morgan fingerprint density at radius 2 is 1.66 bits per heavy atom. The summed E-state index contributed by atoms with van der Waals surface area (Å²) in [5.74, 6) is -0.501. The van der Waals surface area contributed by atoms with E-state index in [1.165, 1.54) is 58.6 Å². The molecule has 0 atom stereocenters. The fraction of sp³-hybridized carbons (Fsp3) is 0.222. The zero-order chi connectivity index (χ0) is 21.5. The van der Waals surface area contributed by atoms with Crippen LogP contribution in [0.3, 0.4) is 0 Å². The molecule has 3 aromatic rings. The van der Waals surface area contributed by atoms with Crippen molar-refractivity contribution >= 4 is 32.5 Å². The molecule has 1 heterocycles. The van der Waals surface area contributed by atoms with E-state index in [1.807, 2.05) is 0 Å². The first-order valence-corrected chi connectivity index (χ1v) is 9.87. The molecule has 0 saturated heterocycles. The van der Waals surface area contributed by atoms with Gasteiger partial charge in [-0.15, -0.1) is 0 Å². The Labute approximate surface area is 165 Å². The number of fused-ring (bicyclic) bond motifs is 1. The Kier molecular flexibility index (Phi) is 5.11. The first-order valence-electron chi connectivity index (χ1n) is 8.43. The minimum Gasteiger partial charge on any atom is -0.295 e. The second kappa shape index (κ2) is 7.26. The third-order valence-corrected chi connectivity index (χ3v) is 6.52. The number of Topliss-reactive ketones (excluding diaryl/α,β-unsaturated/α-hetero) is 1. The zero-order valence-corrected chi connectivity index (χ0v) is 16.7. The smallest absolute Gasteiger partial charge is 0.295 e. The van der Waals surface area contributed by atoms with Crippen LogP contribution in [0.4, 0.5) is 5.69 Å². The molecule has 10 nitrogen and oxygen atoms in total. The Morgan fingerprint density at radius 1 is 1.07 bits per heavy atom. The summed E-state index contributed by atoms with van der Waals surface area (Å²) in [5.41, 5.74) is 0.758. The number of hydrogen-bond acceptors (Lipinski definition) is 6. The molecule has 152 valence electrons. The van der Waals surface area contributed by atoms with Gasteiger partial charge in [0.1, 0.15) is 0 Å². The van der Waals surface area contributed by atoms with E-state index in [9.17, 15) is 28.1 Å². The maximum Gasteiger partial charge on any atom is 0.328 e. The van der Waals surface area contributed by atoms with Crippen LogP contribution < -0.4 is 5.69 Å². The van der Waals surface area contributed by atoms with E-state index in [4.69, 9.17) is 0 Å². The molecule has 0 amide bonds. The van der Waals surface area contributed by atoms with E-state index in [0.29, 0.717) is 11.0 Å². The van der Waals surface area contributed by atoms with Gasteiger partial charge in [-0.05, 0) is 30.3 Å². The van der Waals surface area contributed by atoms with E-state index < -0.39 is 27.3 Å². The lowest BCUT2D eigenvalue weighted by Crippen LogP contribution is -2.32. The number of benzene rings is 2. The largest absolute Gasteiger partial charge is 0.328 e. The van der Waals surface area contributed by atoms with Crippen molar-refractivity contribution in [3.8, 4) is 0 Å². The average Bonchev–Trinajstić information content (AvgIpc) is 2.91. The van der Waals surface area contributed by atoms with E-state index in [1.54, 1.807) is 14.1 Å². The summed E-state index contributed by atoms with van der Waals surface area (Å²) >= 11 is 0. The lowest BCUT2D eigenvalue weighted by atomic mass is 10.1. The molecular weight excluding hydrogens is 400 g/mol. The first kappa shape index (κ1) is 20.4. The number of carbonyl (C=O) groups excluding carboxylic acids is 1. The summed E-state index contributed by atoms with van der Waals surface area (Å²) in [6.07, 6.45) is 0. The van der Waals surface area contributed by atoms with Gasteiger partial charge in [-0.3, -0.25) is 24.0 Å². The van der Waals surface area contributed by atoms with Crippen molar-refractivity contribution in [1.82, 2.24) is 13.4 Å². The quantitative estimate of drug-likeness (QED) is 0.337. The van der Waals surface area contributed by atoms with Gasteiger partial charge in [-0.2, -0.15) is 4.31 Å². The third-order valence-electron chi connectivity index (χ3n) is 4.72. The van der Waals surface area contributed by atoms with Crippen LogP contribution >= 0.6 is 0 Å². The summed E-state index contributed by atoms with van der Waals surface area (Å²) in [6.45, 7) is -0.439.